The fourth-order valence-corrected chi connectivity index (χ4v) is 4.76. The van der Waals surface area contributed by atoms with Crippen LogP contribution in [0.2, 0.25) is 0 Å². The van der Waals surface area contributed by atoms with E-state index in [2.05, 4.69) is 0 Å². The first-order chi connectivity index (χ1) is 17.0. The van der Waals surface area contributed by atoms with Crippen molar-refractivity contribution in [3.63, 3.8) is 0 Å². The third-order valence-electron chi connectivity index (χ3n) is 7.12. The molecule has 3 atom stereocenters. The number of likely N-dealkylation sites (tertiary alicyclic amines) is 1. The van der Waals surface area contributed by atoms with E-state index in [9.17, 15) is 35.5 Å². The standard InChI is InChI=1S/C26H30F7N3O/c1-15-10-20(27)6-7-22(15)23-14-21(34(3)4)8-9-36(23)24(37)35(5)16(2)17-11-18(25(28,29)30)13-19(12-17)26(31,32)33/h6-7,10-13,16,21,23H,8-9,14H2,1-5H3. The molecule has 3 rings (SSSR count). The molecule has 1 aliphatic rings. The van der Waals surface area contributed by atoms with Crippen molar-refractivity contribution in [1.82, 2.24) is 14.7 Å². The third-order valence-corrected chi connectivity index (χ3v) is 7.12. The van der Waals surface area contributed by atoms with Crippen molar-refractivity contribution in [1.29, 1.82) is 0 Å². The zero-order chi connectivity index (χ0) is 27.9. The summed E-state index contributed by atoms with van der Waals surface area (Å²) >= 11 is 0. The van der Waals surface area contributed by atoms with Gasteiger partial charge < -0.3 is 14.7 Å². The fraction of sp³-hybridized carbons (Fsp3) is 0.500. The van der Waals surface area contributed by atoms with Gasteiger partial charge in [-0.1, -0.05) is 6.07 Å². The largest absolute Gasteiger partial charge is 0.416 e. The molecule has 0 aliphatic carbocycles. The maximum Gasteiger partial charge on any atom is 0.416 e. The van der Waals surface area contributed by atoms with Crippen molar-refractivity contribution < 1.29 is 35.5 Å². The number of benzene rings is 2. The maximum absolute atomic E-state index is 13.8. The Kier molecular flexibility index (Phi) is 8.16. The zero-order valence-electron chi connectivity index (χ0n) is 21.2. The second kappa shape index (κ2) is 10.5. The van der Waals surface area contributed by atoms with Crippen LogP contribution in [0.5, 0.6) is 0 Å². The van der Waals surface area contributed by atoms with Crippen molar-refractivity contribution in [2.24, 2.45) is 0 Å². The molecule has 0 aromatic heterocycles. The topological polar surface area (TPSA) is 26.8 Å². The summed E-state index contributed by atoms with van der Waals surface area (Å²) < 4.78 is 94.0. The summed E-state index contributed by atoms with van der Waals surface area (Å²) in [5, 5.41) is 0. The summed E-state index contributed by atoms with van der Waals surface area (Å²) in [5.41, 5.74) is -1.77. The van der Waals surface area contributed by atoms with Gasteiger partial charge in [-0.2, -0.15) is 26.3 Å². The van der Waals surface area contributed by atoms with Crippen molar-refractivity contribution in [2.75, 3.05) is 27.7 Å². The summed E-state index contributed by atoms with van der Waals surface area (Å²) in [4.78, 5) is 18.4. The van der Waals surface area contributed by atoms with Crippen molar-refractivity contribution in [2.45, 2.75) is 57.2 Å². The highest BCUT2D eigenvalue weighted by Crippen LogP contribution is 2.39. The lowest BCUT2D eigenvalue weighted by atomic mass is 9.89. The Labute approximate surface area is 211 Å². The zero-order valence-corrected chi connectivity index (χ0v) is 21.2. The number of halogens is 7. The smallest absolute Gasteiger partial charge is 0.321 e. The second-order valence-corrected chi connectivity index (χ2v) is 9.76. The SMILES string of the molecule is Cc1cc(F)ccc1C1CC(N(C)C)CCN1C(=O)N(C)C(C)c1cc(C(F)(F)F)cc(C(F)(F)F)c1. The van der Waals surface area contributed by atoms with Gasteiger partial charge in [0.1, 0.15) is 5.82 Å². The molecule has 0 radical (unpaired) electrons. The number of rotatable bonds is 4. The van der Waals surface area contributed by atoms with Gasteiger partial charge >= 0.3 is 18.4 Å². The normalized spacial score (nSPS) is 19.8. The van der Waals surface area contributed by atoms with E-state index in [1.165, 1.54) is 26.1 Å². The molecule has 1 saturated heterocycles. The molecule has 11 heteroatoms. The fourth-order valence-electron chi connectivity index (χ4n) is 4.76. The van der Waals surface area contributed by atoms with Gasteiger partial charge in [-0.25, -0.2) is 9.18 Å². The molecule has 3 unspecified atom stereocenters. The average molecular weight is 534 g/mol. The monoisotopic (exact) mass is 533 g/mol. The molecule has 204 valence electrons. The molecule has 4 nitrogen and oxygen atoms in total. The van der Waals surface area contributed by atoms with E-state index in [-0.39, 0.29) is 17.7 Å². The highest BCUT2D eigenvalue weighted by molar-refractivity contribution is 5.75. The summed E-state index contributed by atoms with van der Waals surface area (Å²) in [5.74, 6) is -0.421. The lowest BCUT2D eigenvalue weighted by molar-refractivity contribution is -0.143. The van der Waals surface area contributed by atoms with E-state index in [1.807, 2.05) is 19.0 Å². The highest BCUT2D eigenvalue weighted by Gasteiger charge is 2.39. The highest BCUT2D eigenvalue weighted by atomic mass is 19.4. The van der Waals surface area contributed by atoms with Crippen LogP contribution < -0.4 is 0 Å². The number of nitrogens with zero attached hydrogens (tertiary/aromatic N) is 3. The van der Waals surface area contributed by atoms with Crippen LogP contribution in [0.1, 0.15) is 59.7 Å². The number of hydrogen-bond donors (Lipinski definition) is 0. The molecule has 0 N–H and O–H groups in total. The average Bonchev–Trinajstić information content (AvgIpc) is 2.81. The van der Waals surface area contributed by atoms with Gasteiger partial charge in [-0.05, 0) is 87.8 Å². The van der Waals surface area contributed by atoms with Gasteiger partial charge in [-0.15, -0.1) is 0 Å². The van der Waals surface area contributed by atoms with Gasteiger partial charge in [0.05, 0.1) is 23.2 Å². The summed E-state index contributed by atoms with van der Waals surface area (Å²) in [7, 11) is 5.18. The molecule has 2 aromatic rings. The van der Waals surface area contributed by atoms with Crippen LogP contribution in [0.25, 0.3) is 0 Å². The molecule has 2 aromatic carbocycles. The number of aryl methyl sites for hydroxylation is 1. The molecule has 1 heterocycles. The Balaban J connectivity index is 1.97. The third kappa shape index (κ3) is 6.37. The van der Waals surface area contributed by atoms with E-state index < -0.39 is 47.4 Å². The van der Waals surface area contributed by atoms with Crippen LogP contribution in [-0.4, -0.2) is 54.5 Å². The van der Waals surface area contributed by atoms with E-state index in [0.29, 0.717) is 37.1 Å². The Morgan fingerprint density at radius 1 is 0.973 bits per heavy atom. The van der Waals surface area contributed by atoms with Gasteiger partial charge in [-0.3, -0.25) is 0 Å². The summed E-state index contributed by atoms with van der Waals surface area (Å²) in [6.45, 7) is 3.43. The lowest BCUT2D eigenvalue weighted by Gasteiger charge is -2.44. The predicted octanol–water partition coefficient (Wildman–Crippen LogP) is 7.05. The van der Waals surface area contributed by atoms with E-state index in [0.717, 1.165) is 10.5 Å². The van der Waals surface area contributed by atoms with Gasteiger partial charge in [0, 0.05) is 19.6 Å². The van der Waals surface area contributed by atoms with Crippen LogP contribution in [-0.2, 0) is 12.4 Å². The molecule has 37 heavy (non-hydrogen) atoms. The Bertz CT molecular complexity index is 1100. The summed E-state index contributed by atoms with van der Waals surface area (Å²) in [6.07, 6.45) is -8.82. The van der Waals surface area contributed by atoms with Crippen LogP contribution in [0, 0.1) is 12.7 Å². The molecule has 1 fully saturated rings. The van der Waals surface area contributed by atoms with Crippen molar-refractivity contribution in [3.8, 4) is 0 Å². The number of alkyl halides is 6. The Hall–Kier alpha value is -2.82. The first-order valence-corrected chi connectivity index (χ1v) is 11.8. The Morgan fingerprint density at radius 3 is 2.03 bits per heavy atom. The number of amides is 2. The number of carbonyl (C=O) groups is 1. The molecule has 0 spiro atoms. The first-order valence-electron chi connectivity index (χ1n) is 11.8. The van der Waals surface area contributed by atoms with E-state index >= 15 is 0 Å². The van der Waals surface area contributed by atoms with E-state index in [4.69, 9.17) is 0 Å². The molecular weight excluding hydrogens is 503 g/mol. The van der Waals surface area contributed by atoms with Gasteiger partial charge in [0.2, 0.25) is 0 Å². The van der Waals surface area contributed by atoms with Gasteiger partial charge in [0.25, 0.3) is 0 Å². The lowest BCUT2D eigenvalue weighted by Crippen LogP contribution is -2.50. The van der Waals surface area contributed by atoms with Crippen LogP contribution in [0.15, 0.2) is 36.4 Å². The Morgan fingerprint density at radius 2 is 1.54 bits per heavy atom. The van der Waals surface area contributed by atoms with Crippen LogP contribution in [0.3, 0.4) is 0 Å². The minimum Gasteiger partial charge on any atom is -0.321 e. The number of carbonyl (C=O) groups excluding carboxylic acids is 1. The molecule has 0 bridgehead atoms. The summed E-state index contributed by atoms with van der Waals surface area (Å²) in [6, 6.07) is 3.68. The van der Waals surface area contributed by atoms with E-state index in [1.54, 1.807) is 17.9 Å². The number of hydrogen-bond acceptors (Lipinski definition) is 2. The van der Waals surface area contributed by atoms with Crippen molar-refractivity contribution >= 4 is 6.03 Å². The molecular formula is C26H30F7N3O. The van der Waals surface area contributed by atoms with Gasteiger partial charge in [0.15, 0.2) is 0 Å². The molecule has 1 aliphatic heterocycles. The second-order valence-electron chi connectivity index (χ2n) is 9.76. The minimum absolute atomic E-state index is 0.0669. The van der Waals surface area contributed by atoms with Crippen LogP contribution in [0.4, 0.5) is 35.5 Å². The molecule has 0 saturated carbocycles. The van der Waals surface area contributed by atoms with Crippen LogP contribution >= 0.6 is 0 Å². The quantitative estimate of drug-likeness (QED) is 0.394. The maximum atomic E-state index is 13.8. The van der Waals surface area contributed by atoms with Crippen molar-refractivity contribution in [3.05, 3.63) is 70.0 Å². The molecule has 2 amide bonds. The number of piperidine rings is 1. The first kappa shape index (κ1) is 28.7. The number of urea groups is 1. The predicted molar refractivity (Wildman–Crippen MR) is 125 cm³/mol. The minimum atomic E-state index is -4.99.